The van der Waals surface area contributed by atoms with Crippen LogP contribution < -0.4 is 10.6 Å². The van der Waals surface area contributed by atoms with E-state index in [2.05, 4.69) is 33.2 Å². The molecular weight excluding hydrogens is 383 g/mol. The SMILES string of the molecule is O=C(Nc1ccccc1I)NC1CCCCCC1C(=O)O. The number of nitrogens with one attached hydrogen (secondary N) is 2. The molecule has 0 spiro atoms. The van der Waals surface area contributed by atoms with E-state index in [-0.39, 0.29) is 12.1 Å². The molecule has 6 heteroatoms. The van der Waals surface area contributed by atoms with Crippen LogP contribution in [-0.4, -0.2) is 23.1 Å². The van der Waals surface area contributed by atoms with Gasteiger partial charge in [-0.3, -0.25) is 4.79 Å². The molecule has 1 fully saturated rings. The second-order valence-corrected chi connectivity index (χ2v) is 6.43. The normalized spacial score (nSPS) is 22.1. The van der Waals surface area contributed by atoms with E-state index in [4.69, 9.17) is 0 Å². The molecule has 0 aromatic heterocycles. The lowest BCUT2D eigenvalue weighted by Gasteiger charge is -2.23. The fourth-order valence-electron chi connectivity index (χ4n) is 2.67. The Morgan fingerprint density at radius 2 is 1.86 bits per heavy atom. The number of rotatable bonds is 3. The Balaban J connectivity index is 2.00. The number of carboxylic acids is 1. The fraction of sp³-hybridized carbons (Fsp3) is 0.467. The zero-order valence-electron chi connectivity index (χ0n) is 11.6. The largest absolute Gasteiger partial charge is 0.481 e. The van der Waals surface area contributed by atoms with Gasteiger partial charge < -0.3 is 15.7 Å². The van der Waals surface area contributed by atoms with Gasteiger partial charge in [0.25, 0.3) is 0 Å². The van der Waals surface area contributed by atoms with Crippen molar-refractivity contribution in [2.45, 2.75) is 38.1 Å². The predicted molar refractivity (Wildman–Crippen MR) is 89.3 cm³/mol. The third-order valence-corrected chi connectivity index (χ3v) is 4.71. The maximum atomic E-state index is 12.1. The number of anilines is 1. The van der Waals surface area contributed by atoms with Gasteiger partial charge in [-0.25, -0.2) is 4.79 Å². The molecule has 1 aromatic carbocycles. The van der Waals surface area contributed by atoms with Crippen LogP contribution in [0, 0.1) is 9.49 Å². The lowest BCUT2D eigenvalue weighted by molar-refractivity contribution is -0.142. The summed E-state index contributed by atoms with van der Waals surface area (Å²) in [4.78, 5) is 23.4. The topological polar surface area (TPSA) is 78.4 Å². The molecule has 1 aliphatic rings. The number of halogens is 1. The van der Waals surface area contributed by atoms with E-state index in [1.807, 2.05) is 24.3 Å². The molecule has 114 valence electrons. The van der Waals surface area contributed by atoms with E-state index in [0.717, 1.165) is 34.9 Å². The summed E-state index contributed by atoms with van der Waals surface area (Å²) in [5.74, 6) is -1.32. The first-order chi connectivity index (χ1) is 10.1. The standard InChI is InChI=1S/C15H19IN2O3/c16-11-7-4-5-9-13(11)18-15(21)17-12-8-3-1-2-6-10(12)14(19)20/h4-5,7,9-10,12H,1-3,6,8H2,(H,19,20)(H2,17,18,21). The average molecular weight is 402 g/mol. The molecule has 0 aliphatic heterocycles. The van der Waals surface area contributed by atoms with Crippen LogP contribution in [0.15, 0.2) is 24.3 Å². The molecule has 0 bridgehead atoms. The Kier molecular flexibility index (Phi) is 5.84. The highest BCUT2D eigenvalue weighted by Gasteiger charge is 2.30. The number of urea groups is 1. The second-order valence-electron chi connectivity index (χ2n) is 5.27. The molecule has 3 N–H and O–H groups in total. The molecule has 2 rings (SSSR count). The van der Waals surface area contributed by atoms with E-state index < -0.39 is 11.9 Å². The van der Waals surface area contributed by atoms with Gasteiger partial charge in [0.1, 0.15) is 0 Å². The van der Waals surface area contributed by atoms with E-state index >= 15 is 0 Å². The van der Waals surface area contributed by atoms with Gasteiger partial charge in [-0.05, 0) is 47.6 Å². The molecule has 0 heterocycles. The van der Waals surface area contributed by atoms with Crippen LogP contribution >= 0.6 is 22.6 Å². The fourth-order valence-corrected chi connectivity index (χ4v) is 3.19. The molecule has 21 heavy (non-hydrogen) atoms. The van der Waals surface area contributed by atoms with Crippen molar-refractivity contribution in [3.8, 4) is 0 Å². The highest BCUT2D eigenvalue weighted by atomic mass is 127. The minimum atomic E-state index is -0.823. The number of carboxylic acid groups (broad SMARTS) is 1. The minimum Gasteiger partial charge on any atom is -0.481 e. The Bertz CT molecular complexity index is 521. The van der Waals surface area contributed by atoms with Crippen LogP contribution in [0.4, 0.5) is 10.5 Å². The number of benzene rings is 1. The van der Waals surface area contributed by atoms with Gasteiger partial charge in [-0.1, -0.05) is 31.4 Å². The van der Waals surface area contributed by atoms with Crippen LogP contribution in [0.1, 0.15) is 32.1 Å². The summed E-state index contributed by atoms with van der Waals surface area (Å²) < 4.78 is 0.945. The lowest BCUT2D eigenvalue weighted by atomic mass is 9.95. The first kappa shape index (κ1) is 16.1. The Morgan fingerprint density at radius 3 is 2.57 bits per heavy atom. The maximum absolute atomic E-state index is 12.1. The number of hydrogen-bond donors (Lipinski definition) is 3. The van der Waals surface area contributed by atoms with E-state index in [1.54, 1.807) is 0 Å². The van der Waals surface area contributed by atoms with Crippen molar-refractivity contribution in [1.82, 2.24) is 5.32 Å². The summed E-state index contributed by atoms with van der Waals surface area (Å²) in [5, 5.41) is 14.9. The molecule has 2 atom stereocenters. The summed E-state index contributed by atoms with van der Waals surface area (Å²) in [7, 11) is 0. The summed E-state index contributed by atoms with van der Waals surface area (Å²) in [5.41, 5.74) is 0.732. The number of amides is 2. The molecule has 1 saturated carbocycles. The highest BCUT2D eigenvalue weighted by molar-refractivity contribution is 14.1. The van der Waals surface area contributed by atoms with Crippen LogP contribution in [0.25, 0.3) is 0 Å². The first-order valence-electron chi connectivity index (χ1n) is 7.13. The Hall–Kier alpha value is -1.31. The van der Waals surface area contributed by atoms with Gasteiger partial charge in [0.15, 0.2) is 0 Å². The van der Waals surface area contributed by atoms with Gasteiger partial charge in [0.05, 0.1) is 11.6 Å². The molecule has 1 aromatic rings. The van der Waals surface area contributed by atoms with Crippen LogP contribution in [0.5, 0.6) is 0 Å². The van der Waals surface area contributed by atoms with Crippen molar-refractivity contribution in [2.24, 2.45) is 5.92 Å². The van der Waals surface area contributed by atoms with E-state index in [1.165, 1.54) is 0 Å². The van der Waals surface area contributed by atoms with Crippen LogP contribution in [-0.2, 0) is 4.79 Å². The number of para-hydroxylation sites is 1. The minimum absolute atomic E-state index is 0.300. The van der Waals surface area contributed by atoms with E-state index in [9.17, 15) is 14.7 Å². The third kappa shape index (κ3) is 4.59. The van der Waals surface area contributed by atoms with E-state index in [0.29, 0.717) is 6.42 Å². The third-order valence-electron chi connectivity index (χ3n) is 3.77. The number of carbonyl (C=O) groups is 2. The van der Waals surface area contributed by atoms with Gasteiger partial charge in [0.2, 0.25) is 0 Å². The lowest BCUT2D eigenvalue weighted by Crippen LogP contribution is -2.44. The van der Waals surface area contributed by atoms with Crippen molar-refractivity contribution in [2.75, 3.05) is 5.32 Å². The van der Waals surface area contributed by atoms with Crippen molar-refractivity contribution >= 4 is 40.3 Å². The molecule has 2 amide bonds. The van der Waals surface area contributed by atoms with Crippen molar-refractivity contribution in [3.05, 3.63) is 27.8 Å². The number of carbonyl (C=O) groups excluding carboxylic acids is 1. The maximum Gasteiger partial charge on any atom is 0.319 e. The molecule has 1 aliphatic carbocycles. The van der Waals surface area contributed by atoms with Crippen LogP contribution in [0.3, 0.4) is 0 Å². The smallest absolute Gasteiger partial charge is 0.319 e. The average Bonchev–Trinajstić information content (AvgIpc) is 2.67. The predicted octanol–water partition coefficient (Wildman–Crippen LogP) is 3.45. The van der Waals surface area contributed by atoms with Gasteiger partial charge in [0, 0.05) is 9.61 Å². The summed E-state index contributed by atoms with van der Waals surface area (Å²) >= 11 is 2.15. The van der Waals surface area contributed by atoms with Crippen LogP contribution in [0.2, 0.25) is 0 Å². The van der Waals surface area contributed by atoms with Crippen molar-refractivity contribution < 1.29 is 14.7 Å². The van der Waals surface area contributed by atoms with Gasteiger partial charge in [-0.2, -0.15) is 0 Å². The monoisotopic (exact) mass is 402 g/mol. The highest BCUT2D eigenvalue weighted by Crippen LogP contribution is 2.24. The summed E-state index contributed by atoms with van der Waals surface area (Å²) in [6.45, 7) is 0. The van der Waals surface area contributed by atoms with Crippen molar-refractivity contribution in [3.63, 3.8) is 0 Å². The molecule has 5 nitrogen and oxygen atoms in total. The zero-order valence-corrected chi connectivity index (χ0v) is 13.8. The molecule has 0 saturated heterocycles. The van der Waals surface area contributed by atoms with Gasteiger partial charge >= 0.3 is 12.0 Å². The zero-order chi connectivity index (χ0) is 15.2. The molecule has 0 radical (unpaired) electrons. The first-order valence-corrected chi connectivity index (χ1v) is 8.20. The summed E-state index contributed by atoms with van der Waals surface area (Å²) in [6, 6.07) is 6.84. The number of aliphatic carboxylic acids is 1. The molecule has 2 unspecified atom stereocenters. The summed E-state index contributed by atoms with van der Waals surface area (Å²) in [6.07, 6.45) is 4.24. The quantitative estimate of drug-likeness (QED) is 0.536. The van der Waals surface area contributed by atoms with Gasteiger partial charge in [-0.15, -0.1) is 0 Å². The molecular formula is C15H19IN2O3. The Morgan fingerprint density at radius 1 is 1.14 bits per heavy atom. The van der Waals surface area contributed by atoms with Crippen molar-refractivity contribution in [1.29, 1.82) is 0 Å². The number of hydrogen-bond acceptors (Lipinski definition) is 2. The Labute approximate surface area is 137 Å². The second kappa shape index (κ2) is 7.63.